The molecular weight excluding hydrogens is 1240 g/mol. The maximum atomic E-state index is 6.95. The molecule has 0 radical (unpaired) electrons. The number of allylic oxidation sites excluding steroid dienone is 4. The number of nitrogens with zero attached hydrogens (tertiary/aromatic N) is 4. The number of hydrogen-bond acceptors (Lipinski definition) is 7. The van der Waals surface area contributed by atoms with E-state index in [1.807, 2.05) is 11.3 Å². The number of hydrogen-bond donors (Lipinski definition) is 4. The van der Waals surface area contributed by atoms with E-state index in [-0.39, 0.29) is 0 Å². The minimum absolute atomic E-state index is 0.594. The lowest BCUT2D eigenvalue weighted by atomic mass is 9.77. The summed E-state index contributed by atoms with van der Waals surface area (Å²) >= 11 is 1.87. The quantitative estimate of drug-likeness (QED) is 0.0850. The van der Waals surface area contributed by atoms with Gasteiger partial charge in [-0.15, -0.1) is 11.3 Å². The van der Waals surface area contributed by atoms with Crippen molar-refractivity contribution in [3.05, 3.63) is 206 Å². The van der Waals surface area contributed by atoms with Gasteiger partial charge in [-0.2, -0.15) is 0 Å². The van der Waals surface area contributed by atoms with Crippen molar-refractivity contribution >= 4 is 135 Å². The fraction of sp³-hybridized carbons (Fsp3) is 0.273. The molecule has 100 heavy (non-hydrogen) atoms. The first-order chi connectivity index (χ1) is 48.5. The smallest absolute Gasteiger partial charge is 0.399 e. The van der Waals surface area contributed by atoms with Crippen LogP contribution in [0.4, 0.5) is 0 Å². The van der Waals surface area contributed by atoms with Crippen LogP contribution >= 0.6 is 11.3 Å². The number of aromatic nitrogens is 8. The Morgan fingerprint density at radius 3 is 1.37 bits per heavy atom. The highest BCUT2D eigenvalue weighted by atomic mass is 32.1. The molecule has 7 aromatic heterocycles. The van der Waals surface area contributed by atoms with Gasteiger partial charge in [0.05, 0.1) is 62.3 Å². The molecule has 16 bridgehead atoms. The van der Waals surface area contributed by atoms with E-state index < -0.39 is 18.3 Å². The van der Waals surface area contributed by atoms with Gasteiger partial charge < -0.3 is 29.2 Å². The molecule has 0 amide bonds. The molecule has 11 aromatic rings. The summed E-state index contributed by atoms with van der Waals surface area (Å²) in [6.07, 6.45) is 15.8. The minimum atomic E-state index is -0.710. The SMILES string of the molecule is CCC1=C(CC)c2cc3[nH]c(cc4nc(c(-c5cccc6c5sc5c(-c7c8nc(c(-c9ccc(CC)cc9)c9ccc([nH]9)c(B9OC(C)(C)C(C)(C)O9)c9nc(c(-c%10ccc(CC)cc%10)c%10ccc7[nH]%10)C=C9)C=C8)cccc56)c5[nH]c(cc1n2)c(C)c5CC)C(CC)=C4C)c(CC)c3CC. The highest BCUT2D eigenvalue weighted by Crippen LogP contribution is 2.50. The van der Waals surface area contributed by atoms with Gasteiger partial charge in [0, 0.05) is 97.6 Å². The van der Waals surface area contributed by atoms with E-state index in [1.165, 1.54) is 75.8 Å². The summed E-state index contributed by atoms with van der Waals surface area (Å²) in [5.74, 6) is 0. The number of rotatable bonds is 13. The predicted molar refractivity (Wildman–Crippen MR) is 426 cm³/mol. The van der Waals surface area contributed by atoms with Crippen molar-refractivity contribution in [1.29, 1.82) is 0 Å². The Morgan fingerprint density at radius 2 is 0.850 bits per heavy atom. The Morgan fingerprint density at radius 1 is 0.400 bits per heavy atom. The molecule has 12 heteroatoms. The van der Waals surface area contributed by atoms with Gasteiger partial charge >= 0.3 is 7.12 Å². The van der Waals surface area contributed by atoms with Gasteiger partial charge in [-0.05, 0) is 226 Å². The van der Waals surface area contributed by atoms with Crippen LogP contribution in [0.5, 0.6) is 0 Å². The molecule has 0 atom stereocenters. The van der Waals surface area contributed by atoms with Crippen LogP contribution in [0.15, 0.2) is 127 Å². The molecule has 10 nitrogen and oxygen atoms in total. The maximum absolute atomic E-state index is 6.95. The van der Waals surface area contributed by atoms with E-state index in [2.05, 4.69) is 269 Å². The van der Waals surface area contributed by atoms with Crippen LogP contribution in [-0.4, -0.2) is 58.2 Å². The van der Waals surface area contributed by atoms with Gasteiger partial charge in [-0.1, -0.05) is 140 Å². The molecule has 500 valence electrons. The summed E-state index contributed by atoms with van der Waals surface area (Å²) in [5, 5.41) is 2.37. The zero-order valence-electron chi connectivity index (χ0n) is 60.2. The molecule has 0 spiro atoms. The second-order valence-electron chi connectivity index (χ2n) is 28.3. The zero-order valence-corrected chi connectivity index (χ0v) is 61.0. The first-order valence-corrected chi connectivity index (χ1v) is 37.2. The number of aryl methyl sites for hydroxylation is 6. The van der Waals surface area contributed by atoms with Gasteiger partial charge in [0.15, 0.2) is 0 Å². The maximum Gasteiger partial charge on any atom is 0.499 e. The molecular formula is C88H87BN8O2S. The summed E-state index contributed by atoms with van der Waals surface area (Å²) in [4.78, 5) is 39.1. The molecule has 4 aromatic carbocycles. The van der Waals surface area contributed by atoms with Crippen molar-refractivity contribution in [3.63, 3.8) is 0 Å². The summed E-state index contributed by atoms with van der Waals surface area (Å²) in [6, 6.07) is 47.5. The highest BCUT2D eigenvalue weighted by Gasteiger charge is 2.53. The normalized spacial score (nSPS) is 14.9. The fourth-order valence-electron chi connectivity index (χ4n) is 16.3. The van der Waals surface area contributed by atoms with E-state index >= 15 is 0 Å². The Hall–Kier alpha value is -9.72. The van der Waals surface area contributed by atoms with E-state index in [0.717, 1.165) is 191 Å². The Kier molecular flexibility index (Phi) is 16.3. The Bertz CT molecular complexity index is 5680. The average molecular weight is 1330 g/mol. The lowest BCUT2D eigenvalue weighted by Crippen LogP contribution is -2.41. The summed E-state index contributed by atoms with van der Waals surface area (Å²) in [7, 11) is -0.710. The second-order valence-corrected chi connectivity index (χ2v) is 29.4. The molecule has 0 unspecified atom stereocenters. The molecule has 16 rings (SSSR count). The van der Waals surface area contributed by atoms with Gasteiger partial charge in [0.1, 0.15) is 0 Å². The van der Waals surface area contributed by atoms with Crippen molar-refractivity contribution < 1.29 is 9.31 Å². The van der Waals surface area contributed by atoms with Crippen molar-refractivity contribution in [3.8, 4) is 44.5 Å². The number of thiophene rings is 1. The monoisotopic (exact) mass is 1330 g/mol. The van der Waals surface area contributed by atoms with Gasteiger partial charge in [-0.25, -0.2) is 19.9 Å². The lowest BCUT2D eigenvalue weighted by molar-refractivity contribution is 0.00578. The standard InChI is InChI=1S/C88H87BN8O2S/c1-15-50-29-33-52(34-30-50)78-64-37-39-68(90-64)80(69-40-38-65(91-69)79(53-35-31-51(16-2)32-36-53)67-42-44-71(93-67)82(70-43-41-66(78)92-70)89-98-87(11,12)88(13,14)99-89)62-27-23-25-60-61-26-24-28-63(86(61)100-85(60)62)81-83-54(17-3)48(9)72(96-83)45-74-56(19-5)58(21-7)76(94-74)47-77-59(22-8)57(20-6)75(95-77)46-73-49(10)55(18-4)84(81)97-73/h23-47,90,93-94,97H,15-22H2,1-14H3. The molecule has 1 saturated heterocycles. The van der Waals surface area contributed by atoms with E-state index in [0.29, 0.717) is 0 Å². The van der Waals surface area contributed by atoms with Crippen molar-refractivity contribution in [2.45, 2.75) is 160 Å². The molecule has 4 N–H and O–H groups in total. The van der Waals surface area contributed by atoms with E-state index in [9.17, 15) is 0 Å². The third-order valence-corrected chi connectivity index (χ3v) is 23.7. The lowest BCUT2D eigenvalue weighted by Gasteiger charge is -2.32. The topological polar surface area (TPSA) is 133 Å². The van der Waals surface area contributed by atoms with Crippen LogP contribution in [0.1, 0.15) is 188 Å². The van der Waals surface area contributed by atoms with Crippen LogP contribution in [0.2, 0.25) is 0 Å². The van der Waals surface area contributed by atoms with E-state index in [4.69, 9.17) is 29.2 Å². The number of benzene rings is 4. The molecule has 5 aliphatic heterocycles. The second kappa shape index (κ2) is 25.2. The molecule has 5 aliphatic rings. The number of H-pyrrole nitrogens is 4. The summed E-state index contributed by atoms with van der Waals surface area (Å²) < 4.78 is 16.3. The first-order valence-electron chi connectivity index (χ1n) is 36.4. The third-order valence-electron chi connectivity index (χ3n) is 22.4. The van der Waals surface area contributed by atoms with Gasteiger partial charge in [-0.3, -0.25) is 0 Å². The van der Waals surface area contributed by atoms with Gasteiger partial charge in [0.25, 0.3) is 0 Å². The number of nitrogens with one attached hydrogen (secondary N) is 4. The third kappa shape index (κ3) is 10.5. The molecule has 1 fully saturated rings. The van der Waals surface area contributed by atoms with Crippen LogP contribution in [-0.2, 0) is 41.4 Å². The van der Waals surface area contributed by atoms with Crippen LogP contribution in [0.25, 0.3) is 155 Å². The van der Waals surface area contributed by atoms with Crippen molar-refractivity contribution in [2.75, 3.05) is 0 Å². The Balaban J connectivity index is 1.01. The minimum Gasteiger partial charge on any atom is -0.399 e. The first kappa shape index (κ1) is 64.9. The molecule has 0 saturated carbocycles. The molecule has 12 heterocycles. The average Bonchev–Trinajstić information content (AvgIpc) is 1.57. The van der Waals surface area contributed by atoms with Crippen molar-refractivity contribution in [1.82, 2.24) is 39.9 Å². The number of fused-ring (bicyclic) bond motifs is 19. The fourth-order valence-corrected chi connectivity index (χ4v) is 17.6. The Labute approximate surface area is 590 Å². The summed E-state index contributed by atoms with van der Waals surface area (Å²) in [6.45, 7) is 31.1. The highest BCUT2D eigenvalue weighted by molar-refractivity contribution is 7.27. The zero-order chi connectivity index (χ0) is 69.2. The largest absolute Gasteiger partial charge is 0.499 e. The predicted octanol–water partition coefficient (Wildman–Crippen LogP) is 22.8. The van der Waals surface area contributed by atoms with Crippen molar-refractivity contribution in [2.24, 2.45) is 0 Å². The summed E-state index contributed by atoms with van der Waals surface area (Å²) in [5.41, 5.74) is 36.4. The molecule has 0 aliphatic carbocycles. The van der Waals surface area contributed by atoms with E-state index in [1.54, 1.807) is 0 Å². The van der Waals surface area contributed by atoms with Crippen LogP contribution < -0.4 is 5.46 Å². The van der Waals surface area contributed by atoms with Crippen LogP contribution in [0, 0.1) is 6.92 Å². The van der Waals surface area contributed by atoms with Crippen LogP contribution in [0.3, 0.4) is 0 Å². The number of aromatic amines is 4. The van der Waals surface area contributed by atoms with Gasteiger partial charge in [0.2, 0.25) is 0 Å².